The van der Waals surface area contributed by atoms with Gasteiger partial charge < -0.3 is 14.8 Å². The van der Waals surface area contributed by atoms with Gasteiger partial charge in [0.15, 0.2) is 0 Å². The smallest absolute Gasteiger partial charge is 0.119 e. The average Bonchev–Trinajstić information content (AvgIpc) is 3.18. The van der Waals surface area contributed by atoms with Crippen LogP contribution in [0.1, 0.15) is 33.1 Å². The number of nitrogens with one attached hydrogen (secondary N) is 1. The normalized spacial score (nSPS) is 16.4. The van der Waals surface area contributed by atoms with Crippen LogP contribution in [0.4, 0.5) is 0 Å². The molecule has 0 amide bonds. The highest BCUT2D eigenvalue weighted by atomic mass is 16.5. The second kappa shape index (κ2) is 6.29. The van der Waals surface area contributed by atoms with Crippen LogP contribution < -0.4 is 14.8 Å². The van der Waals surface area contributed by atoms with Crippen LogP contribution in [0.15, 0.2) is 24.3 Å². The molecule has 0 saturated heterocycles. The van der Waals surface area contributed by atoms with Crippen molar-refractivity contribution in [2.24, 2.45) is 5.41 Å². The van der Waals surface area contributed by atoms with E-state index in [1.807, 2.05) is 24.3 Å². The quantitative estimate of drug-likeness (QED) is 0.781. The summed E-state index contributed by atoms with van der Waals surface area (Å²) in [6, 6.07) is 8.36. The summed E-state index contributed by atoms with van der Waals surface area (Å²) in [5.41, 5.74) is 0.497. The van der Waals surface area contributed by atoms with E-state index in [9.17, 15) is 0 Å². The van der Waals surface area contributed by atoms with E-state index in [1.165, 1.54) is 12.8 Å². The van der Waals surface area contributed by atoms with Crippen molar-refractivity contribution < 1.29 is 9.47 Å². The SMILES string of the molecule is COc1ccc(OCCC2(CNC(C)C)CC2)cc1. The standard InChI is InChI=1S/C16H25NO2/c1-13(2)17-12-16(8-9-16)10-11-19-15-6-4-14(18-3)5-7-15/h4-7,13,17H,8-12H2,1-3H3. The molecule has 1 saturated carbocycles. The molecule has 2 rings (SSSR count). The maximum Gasteiger partial charge on any atom is 0.119 e. The molecule has 0 atom stereocenters. The molecule has 1 aromatic carbocycles. The Balaban J connectivity index is 1.71. The fourth-order valence-electron chi connectivity index (χ4n) is 2.17. The molecule has 1 fully saturated rings. The molecule has 1 aromatic rings. The van der Waals surface area contributed by atoms with Crippen LogP contribution in [-0.4, -0.2) is 26.3 Å². The van der Waals surface area contributed by atoms with Crippen molar-refractivity contribution in [3.8, 4) is 11.5 Å². The Hall–Kier alpha value is -1.22. The minimum absolute atomic E-state index is 0.497. The van der Waals surface area contributed by atoms with Gasteiger partial charge in [-0.05, 0) is 48.9 Å². The summed E-state index contributed by atoms with van der Waals surface area (Å²) in [6.45, 7) is 6.32. The van der Waals surface area contributed by atoms with Crippen molar-refractivity contribution in [3.05, 3.63) is 24.3 Å². The van der Waals surface area contributed by atoms with Crippen molar-refractivity contribution in [2.45, 2.75) is 39.2 Å². The summed E-state index contributed by atoms with van der Waals surface area (Å²) in [4.78, 5) is 0. The predicted octanol–water partition coefficient (Wildman–Crippen LogP) is 3.24. The molecule has 1 aliphatic rings. The molecule has 1 aliphatic carbocycles. The summed E-state index contributed by atoms with van der Waals surface area (Å²) in [7, 11) is 1.68. The van der Waals surface area contributed by atoms with Gasteiger partial charge in [0.05, 0.1) is 13.7 Å². The van der Waals surface area contributed by atoms with Crippen molar-refractivity contribution >= 4 is 0 Å². The number of benzene rings is 1. The van der Waals surface area contributed by atoms with Crippen molar-refractivity contribution in [1.82, 2.24) is 5.32 Å². The van der Waals surface area contributed by atoms with E-state index in [1.54, 1.807) is 7.11 Å². The number of methoxy groups -OCH3 is 1. The van der Waals surface area contributed by atoms with E-state index in [0.29, 0.717) is 11.5 Å². The van der Waals surface area contributed by atoms with Crippen LogP contribution in [0.5, 0.6) is 11.5 Å². The fraction of sp³-hybridized carbons (Fsp3) is 0.625. The van der Waals surface area contributed by atoms with Gasteiger partial charge in [-0.25, -0.2) is 0 Å². The van der Waals surface area contributed by atoms with Crippen molar-refractivity contribution in [2.75, 3.05) is 20.3 Å². The van der Waals surface area contributed by atoms with Crippen LogP contribution in [-0.2, 0) is 0 Å². The third-order valence-electron chi connectivity index (χ3n) is 3.80. The molecular formula is C16H25NO2. The molecule has 0 unspecified atom stereocenters. The molecule has 3 heteroatoms. The second-order valence-corrected chi connectivity index (χ2v) is 5.81. The topological polar surface area (TPSA) is 30.5 Å². The van der Waals surface area contributed by atoms with Crippen molar-refractivity contribution in [3.63, 3.8) is 0 Å². The third-order valence-corrected chi connectivity index (χ3v) is 3.80. The molecule has 1 N–H and O–H groups in total. The number of ether oxygens (including phenoxy) is 2. The zero-order chi connectivity index (χ0) is 13.7. The zero-order valence-corrected chi connectivity index (χ0v) is 12.2. The number of hydrogen-bond donors (Lipinski definition) is 1. The first-order valence-electron chi connectivity index (χ1n) is 7.14. The number of hydrogen-bond acceptors (Lipinski definition) is 3. The van der Waals surface area contributed by atoms with Gasteiger partial charge in [0.2, 0.25) is 0 Å². The highest BCUT2D eigenvalue weighted by Crippen LogP contribution is 2.48. The van der Waals surface area contributed by atoms with E-state index >= 15 is 0 Å². The number of rotatable bonds is 8. The highest BCUT2D eigenvalue weighted by Gasteiger charge is 2.41. The minimum atomic E-state index is 0.497. The van der Waals surface area contributed by atoms with E-state index < -0.39 is 0 Å². The van der Waals surface area contributed by atoms with Gasteiger partial charge in [0.1, 0.15) is 11.5 Å². The zero-order valence-electron chi connectivity index (χ0n) is 12.2. The van der Waals surface area contributed by atoms with Gasteiger partial charge in [0.25, 0.3) is 0 Å². The summed E-state index contributed by atoms with van der Waals surface area (Å²) < 4.78 is 10.9. The first-order valence-corrected chi connectivity index (χ1v) is 7.14. The predicted molar refractivity (Wildman–Crippen MR) is 77.9 cm³/mol. The van der Waals surface area contributed by atoms with Gasteiger partial charge in [0, 0.05) is 12.6 Å². The summed E-state index contributed by atoms with van der Waals surface area (Å²) in [5.74, 6) is 1.79. The van der Waals surface area contributed by atoms with Crippen LogP contribution >= 0.6 is 0 Å². The van der Waals surface area contributed by atoms with Crippen LogP contribution in [0.2, 0.25) is 0 Å². The van der Waals surface area contributed by atoms with Gasteiger partial charge in [-0.15, -0.1) is 0 Å². The summed E-state index contributed by atoms with van der Waals surface area (Å²) >= 11 is 0. The maximum absolute atomic E-state index is 5.80. The monoisotopic (exact) mass is 263 g/mol. The Labute approximate surface area is 116 Å². The lowest BCUT2D eigenvalue weighted by molar-refractivity contribution is 0.262. The molecule has 106 valence electrons. The largest absolute Gasteiger partial charge is 0.497 e. The first-order chi connectivity index (χ1) is 9.13. The molecule has 0 spiro atoms. The van der Waals surface area contributed by atoms with E-state index in [2.05, 4.69) is 19.2 Å². The summed E-state index contributed by atoms with van der Waals surface area (Å²) in [6.07, 6.45) is 3.80. The lowest BCUT2D eigenvalue weighted by Crippen LogP contribution is -2.30. The van der Waals surface area contributed by atoms with Crippen LogP contribution in [0.3, 0.4) is 0 Å². The van der Waals surface area contributed by atoms with Gasteiger partial charge in [-0.1, -0.05) is 13.8 Å². The van der Waals surface area contributed by atoms with Gasteiger partial charge in [-0.3, -0.25) is 0 Å². The molecule has 0 bridgehead atoms. The van der Waals surface area contributed by atoms with Gasteiger partial charge in [-0.2, -0.15) is 0 Å². The minimum Gasteiger partial charge on any atom is -0.497 e. The Bertz CT molecular complexity index is 382. The van der Waals surface area contributed by atoms with Crippen LogP contribution in [0, 0.1) is 5.41 Å². The summed E-state index contributed by atoms with van der Waals surface area (Å²) in [5, 5.41) is 3.54. The maximum atomic E-state index is 5.80. The molecule has 19 heavy (non-hydrogen) atoms. The molecule has 0 aromatic heterocycles. The second-order valence-electron chi connectivity index (χ2n) is 5.81. The Morgan fingerprint density at radius 3 is 2.32 bits per heavy atom. The third kappa shape index (κ3) is 4.43. The van der Waals surface area contributed by atoms with E-state index in [-0.39, 0.29) is 0 Å². The molecular weight excluding hydrogens is 238 g/mol. The lowest BCUT2D eigenvalue weighted by Gasteiger charge is -2.18. The Morgan fingerprint density at radius 1 is 1.16 bits per heavy atom. The molecule has 0 radical (unpaired) electrons. The average molecular weight is 263 g/mol. The molecule has 0 heterocycles. The molecule has 0 aliphatic heterocycles. The molecule has 3 nitrogen and oxygen atoms in total. The highest BCUT2D eigenvalue weighted by molar-refractivity contribution is 5.31. The fourth-order valence-corrected chi connectivity index (χ4v) is 2.17. The van der Waals surface area contributed by atoms with E-state index in [0.717, 1.165) is 31.1 Å². The van der Waals surface area contributed by atoms with E-state index in [4.69, 9.17) is 9.47 Å². The van der Waals surface area contributed by atoms with Crippen LogP contribution in [0.25, 0.3) is 0 Å². The first kappa shape index (κ1) is 14.2. The Morgan fingerprint density at radius 2 is 1.79 bits per heavy atom. The Kier molecular flexibility index (Phi) is 4.70. The lowest BCUT2D eigenvalue weighted by atomic mass is 10.0. The van der Waals surface area contributed by atoms with Crippen molar-refractivity contribution in [1.29, 1.82) is 0 Å². The van der Waals surface area contributed by atoms with Gasteiger partial charge >= 0.3 is 0 Å².